The second-order valence-electron chi connectivity index (χ2n) is 4.30. The maximum Gasteiger partial charge on any atom is 0.341 e. The molecule has 1 rings (SSSR count). The highest BCUT2D eigenvalue weighted by Gasteiger charge is 2.21. The third-order valence-corrected chi connectivity index (χ3v) is 4.23. The van der Waals surface area contributed by atoms with Gasteiger partial charge in [0.2, 0.25) is 10.0 Å². The van der Waals surface area contributed by atoms with Crippen LogP contribution in [0.4, 0.5) is 0 Å². The topological polar surface area (TPSA) is 92.7 Å². The lowest BCUT2D eigenvalue weighted by Crippen LogP contribution is -2.33. The monoisotopic (exact) mass is 311 g/mol. The van der Waals surface area contributed by atoms with Crippen LogP contribution in [0.25, 0.3) is 0 Å². The Bertz CT molecular complexity index is 660. The van der Waals surface area contributed by atoms with E-state index in [4.69, 9.17) is 6.42 Å². The van der Waals surface area contributed by atoms with E-state index in [9.17, 15) is 18.3 Å². The second-order valence-corrected chi connectivity index (χ2v) is 6.01. The van der Waals surface area contributed by atoms with Gasteiger partial charge in [-0.05, 0) is 24.6 Å². The zero-order chi connectivity index (χ0) is 16.0. The van der Waals surface area contributed by atoms with Gasteiger partial charge in [-0.25, -0.2) is 13.2 Å². The van der Waals surface area contributed by atoms with Crippen LogP contribution in [-0.4, -0.2) is 32.6 Å². The number of carbonyl (C=O) groups excluding carboxylic acids is 1. The number of aromatic hydroxyl groups is 1. The molecule has 1 aromatic rings. The van der Waals surface area contributed by atoms with E-state index in [1.807, 2.05) is 6.92 Å². The fraction of sp³-hybridized carbons (Fsp3) is 0.357. The molecular formula is C14H17NO5S. The molecule has 0 bridgehead atoms. The second kappa shape index (κ2) is 7.11. The van der Waals surface area contributed by atoms with E-state index in [-0.39, 0.29) is 16.2 Å². The fourth-order valence-electron chi connectivity index (χ4n) is 1.68. The molecule has 0 aromatic heterocycles. The first kappa shape index (κ1) is 17.0. The van der Waals surface area contributed by atoms with Crippen molar-refractivity contribution in [2.75, 3.05) is 7.11 Å². The number of sulfonamides is 1. The average molecular weight is 311 g/mol. The van der Waals surface area contributed by atoms with Crippen molar-refractivity contribution in [3.63, 3.8) is 0 Å². The molecule has 21 heavy (non-hydrogen) atoms. The predicted molar refractivity (Wildman–Crippen MR) is 77.3 cm³/mol. The molecule has 0 heterocycles. The molecule has 7 heteroatoms. The summed E-state index contributed by atoms with van der Waals surface area (Å²) < 4.78 is 31.3. The number of esters is 1. The van der Waals surface area contributed by atoms with Crippen LogP contribution >= 0.6 is 0 Å². The smallest absolute Gasteiger partial charge is 0.341 e. The molecule has 0 saturated carbocycles. The minimum atomic E-state index is -3.89. The molecule has 0 fully saturated rings. The number of nitrogens with one attached hydrogen (secondary N) is 1. The van der Waals surface area contributed by atoms with E-state index >= 15 is 0 Å². The average Bonchev–Trinajstić information content (AvgIpc) is 2.46. The first-order valence-corrected chi connectivity index (χ1v) is 7.73. The summed E-state index contributed by atoms with van der Waals surface area (Å²) >= 11 is 0. The number of rotatable bonds is 6. The number of phenols is 1. The maximum absolute atomic E-state index is 12.2. The van der Waals surface area contributed by atoms with Crippen molar-refractivity contribution in [2.24, 2.45) is 0 Å². The lowest BCUT2D eigenvalue weighted by molar-refractivity contribution is 0.0597. The predicted octanol–water partition coefficient (Wildman–Crippen LogP) is 1.26. The van der Waals surface area contributed by atoms with Crippen LogP contribution in [0.5, 0.6) is 5.75 Å². The van der Waals surface area contributed by atoms with Gasteiger partial charge in [0.15, 0.2) is 0 Å². The van der Waals surface area contributed by atoms with Gasteiger partial charge in [-0.2, -0.15) is 4.72 Å². The van der Waals surface area contributed by atoms with Gasteiger partial charge in [-0.3, -0.25) is 0 Å². The van der Waals surface area contributed by atoms with E-state index in [1.165, 1.54) is 6.07 Å². The van der Waals surface area contributed by atoms with Gasteiger partial charge >= 0.3 is 5.97 Å². The van der Waals surface area contributed by atoms with Crippen LogP contribution in [0.15, 0.2) is 23.1 Å². The molecule has 2 N–H and O–H groups in total. The summed E-state index contributed by atoms with van der Waals surface area (Å²) in [7, 11) is -2.75. The van der Waals surface area contributed by atoms with Crippen LogP contribution in [0.2, 0.25) is 0 Å². The lowest BCUT2D eigenvalue weighted by atomic mass is 10.2. The summed E-state index contributed by atoms with van der Waals surface area (Å²) in [6.45, 7) is 1.88. The van der Waals surface area contributed by atoms with Crippen molar-refractivity contribution >= 4 is 16.0 Å². The van der Waals surface area contributed by atoms with E-state index in [2.05, 4.69) is 15.4 Å². The summed E-state index contributed by atoms with van der Waals surface area (Å²) in [5, 5.41) is 9.57. The molecular weight excluding hydrogens is 294 g/mol. The molecule has 0 aliphatic rings. The standard InChI is InChI=1S/C14H17NO5S/c1-4-6-10(5-2)15-21(18,19)11-7-8-13(16)12(9-11)14(17)20-3/h2,7-10,15-16H,4,6H2,1,3H3. The number of phenolic OH excluding ortho intramolecular Hbond substituents is 1. The highest BCUT2D eigenvalue weighted by Crippen LogP contribution is 2.22. The SMILES string of the molecule is C#CC(CCC)NS(=O)(=O)c1ccc(O)c(C(=O)OC)c1. The summed E-state index contributed by atoms with van der Waals surface area (Å²) in [5.41, 5.74) is -0.229. The zero-order valence-corrected chi connectivity index (χ0v) is 12.6. The van der Waals surface area contributed by atoms with Gasteiger partial charge in [0.05, 0.1) is 18.0 Å². The van der Waals surface area contributed by atoms with Crippen LogP contribution in [0, 0.1) is 12.3 Å². The first-order chi connectivity index (χ1) is 9.85. The van der Waals surface area contributed by atoms with E-state index < -0.39 is 22.0 Å². The van der Waals surface area contributed by atoms with Gasteiger partial charge in [0, 0.05) is 0 Å². The number of hydrogen-bond acceptors (Lipinski definition) is 5. The highest BCUT2D eigenvalue weighted by molar-refractivity contribution is 7.89. The number of ether oxygens (including phenoxy) is 1. The van der Waals surface area contributed by atoms with Gasteiger partial charge < -0.3 is 9.84 Å². The Morgan fingerprint density at radius 1 is 1.52 bits per heavy atom. The summed E-state index contributed by atoms with van der Waals surface area (Å²) in [5.74, 6) is 1.17. The lowest BCUT2D eigenvalue weighted by Gasteiger charge is -2.13. The molecule has 114 valence electrons. The third kappa shape index (κ3) is 4.21. The largest absolute Gasteiger partial charge is 0.507 e. The van der Waals surface area contributed by atoms with Crippen LogP contribution in [0.1, 0.15) is 30.1 Å². The molecule has 1 aromatic carbocycles. The maximum atomic E-state index is 12.2. The molecule has 0 saturated heterocycles. The Morgan fingerprint density at radius 2 is 2.19 bits per heavy atom. The molecule has 0 spiro atoms. The van der Waals surface area contributed by atoms with E-state index in [0.29, 0.717) is 6.42 Å². The van der Waals surface area contributed by atoms with Gasteiger partial charge in [-0.15, -0.1) is 6.42 Å². The minimum Gasteiger partial charge on any atom is -0.507 e. The first-order valence-electron chi connectivity index (χ1n) is 6.25. The fourth-order valence-corrected chi connectivity index (χ4v) is 2.89. The van der Waals surface area contributed by atoms with Gasteiger partial charge in [0.1, 0.15) is 11.3 Å². The molecule has 0 aliphatic heterocycles. The summed E-state index contributed by atoms with van der Waals surface area (Å²) in [6.07, 6.45) is 6.50. The molecule has 0 aliphatic carbocycles. The molecule has 0 amide bonds. The van der Waals surface area contributed by atoms with Crippen LogP contribution in [-0.2, 0) is 14.8 Å². The normalized spacial score (nSPS) is 12.4. The summed E-state index contributed by atoms with van der Waals surface area (Å²) in [6, 6.07) is 2.72. The van der Waals surface area contributed by atoms with Crippen LogP contribution < -0.4 is 4.72 Å². The van der Waals surface area contributed by atoms with Crippen molar-refractivity contribution in [1.29, 1.82) is 0 Å². The Hall–Kier alpha value is -2.04. The Labute approximate surface area is 124 Å². The quantitative estimate of drug-likeness (QED) is 0.609. The molecule has 0 radical (unpaired) electrons. The van der Waals surface area contributed by atoms with Crippen molar-refractivity contribution in [3.8, 4) is 18.1 Å². The Kier molecular flexibility index (Phi) is 5.76. The van der Waals surface area contributed by atoms with Gasteiger partial charge in [-0.1, -0.05) is 19.3 Å². The number of benzene rings is 1. The minimum absolute atomic E-state index is 0.169. The number of terminal acetylenes is 1. The van der Waals surface area contributed by atoms with Crippen LogP contribution in [0.3, 0.4) is 0 Å². The molecule has 6 nitrogen and oxygen atoms in total. The van der Waals surface area contributed by atoms with Crippen molar-refractivity contribution in [2.45, 2.75) is 30.7 Å². The van der Waals surface area contributed by atoms with E-state index in [1.54, 1.807) is 0 Å². The number of carbonyl (C=O) groups is 1. The molecule has 1 atom stereocenters. The molecule has 1 unspecified atom stereocenters. The Balaban J connectivity index is 3.15. The van der Waals surface area contributed by atoms with Gasteiger partial charge in [0.25, 0.3) is 0 Å². The Morgan fingerprint density at radius 3 is 2.71 bits per heavy atom. The van der Waals surface area contributed by atoms with Crippen molar-refractivity contribution < 1.29 is 23.1 Å². The zero-order valence-electron chi connectivity index (χ0n) is 11.8. The number of methoxy groups -OCH3 is 1. The van der Waals surface area contributed by atoms with Crippen molar-refractivity contribution in [1.82, 2.24) is 4.72 Å². The number of hydrogen-bond donors (Lipinski definition) is 2. The van der Waals surface area contributed by atoms with Crippen molar-refractivity contribution in [3.05, 3.63) is 23.8 Å². The summed E-state index contributed by atoms with van der Waals surface area (Å²) in [4.78, 5) is 11.3. The van der Waals surface area contributed by atoms with E-state index in [0.717, 1.165) is 25.7 Å². The third-order valence-electron chi connectivity index (χ3n) is 2.76. The highest BCUT2D eigenvalue weighted by atomic mass is 32.2.